The van der Waals surface area contributed by atoms with E-state index in [4.69, 9.17) is 4.74 Å². The Hall–Kier alpha value is -2.93. The number of anilines is 1. The van der Waals surface area contributed by atoms with Crippen LogP contribution in [0, 0.1) is 0 Å². The Bertz CT molecular complexity index is 834. The number of carbonyl (C=O) groups is 1. The summed E-state index contributed by atoms with van der Waals surface area (Å²) in [4.78, 5) is 22.4. The second-order valence-electron chi connectivity index (χ2n) is 5.41. The monoisotopic (exact) mass is 354 g/mol. The number of urea groups is 1. The van der Waals surface area contributed by atoms with Crippen molar-refractivity contribution in [2.24, 2.45) is 0 Å². The van der Waals surface area contributed by atoms with Crippen molar-refractivity contribution in [3.8, 4) is 17.0 Å². The molecule has 0 aliphatic rings. The lowest BCUT2D eigenvalue weighted by Gasteiger charge is -2.17. The lowest BCUT2D eigenvalue weighted by molar-refractivity contribution is 0.220. The quantitative estimate of drug-likeness (QED) is 0.755. The summed E-state index contributed by atoms with van der Waals surface area (Å²) in [7, 11) is 3.37. The Balaban J connectivity index is 1.60. The van der Waals surface area contributed by atoms with Gasteiger partial charge in [0, 0.05) is 36.9 Å². The first-order valence-corrected chi connectivity index (χ1v) is 8.54. The molecule has 0 fully saturated rings. The van der Waals surface area contributed by atoms with Crippen LogP contribution in [0.15, 0.2) is 54.2 Å². The van der Waals surface area contributed by atoms with Gasteiger partial charge in [-0.3, -0.25) is 10.3 Å². The Morgan fingerprint density at radius 1 is 1.28 bits per heavy atom. The first kappa shape index (κ1) is 16.9. The maximum atomic E-state index is 12.3. The second kappa shape index (κ2) is 7.76. The number of carbonyl (C=O) groups excluding carboxylic acids is 1. The van der Waals surface area contributed by atoms with Gasteiger partial charge in [0.1, 0.15) is 5.75 Å². The molecule has 25 heavy (non-hydrogen) atoms. The predicted molar refractivity (Wildman–Crippen MR) is 98.8 cm³/mol. The van der Waals surface area contributed by atoms with Crippen molar-refractivity contribution < 1.29 is 9.53 Å². The third kappa shape index (κ3) is 4.33. The number of nitrogens with zero attached hydrogens (tertiary/aromatic N) is 3. The van der Waals surface area contributed by atoms with Gasteiger partial charge in [-0.15, -0.1) is 11.3 Å². The number of methoxy groups -OCH3 is 1. The number of benzene rings is 1. The van der Waals surface area contributed by atoms with Gasteiger partial charge < -0.3 is 9.64 Å². The minimum Gasteiger partial charge on any atom is -0.497 e. The fraction of sp³-hybridized carbons (Fsp3) is 0.167. The van der Waals surface area contributed by atoms with Crippen molar-refractivity contribution in [1.82, 2.24) is 14.9 Å². The zero-order valence-electron chi connectivity index (χ0n) is 14.0. The number of nitrogens with one attached hydrogen (secondary N) is 1. The number of aromatic nitrogens is 2. The van der Waals surface area contributed by atoms with Crippen molar-refractivity contribution in [3.63, 3.8) is 0 Å². The first-order chi connectivity index (χ1) is 12.2. The molecule has 0 saturated heterocycles. The maximum Gasteiger partial charge on any atom is 0.323 e. The first-order valence-electron chi connectivity index (χ1n) is 7.66. The van der Waals surface area contributed by atoms with Gasteiger partial charge >= 0.3 is 6.03 Å². The minimum atomic E-state index is -0.206. The Morgan fingerprint density at radius 3 is 2.76 bits per heavy atom. The smallest absolute Gasteiger partial charge is 0.323 e. The summed E-state index contributed by atoms with van der Waals surface area (Å²) in [5, 5.41) is 5.28. The number of thiazole rings is 1. The van der Waals surface area contributed by atoms with Crippen LogP contribution in [0.2, 0.25) is 0 Å². The number of rotatable bonds is 5. The van der Waals surface area contributed by atoms with Crippen LogP contribution in [0.3, 0.4) is 0 Å². The molecule has 0 radical (unpaired) electrons. The Kier molecular flexibility index (Phi) is 5.25. The third-order valence-corrected chi connectivity index (χ3v) is 4.36. The molecule has 0 aliphatic carbocycles. The summed E-state index contributed by atoms with van der Waals surface area (Å²) in [5.41, 5.74) is 2.74. The van der Waals surface area contributed by atoms with Crippen LogP contribution in [0.5, 0.6) is 5.75 Å². The molecule has 0 spiro atoms. The summed E-state index contributed by atoms with van der Waals surface area (Å²) in [6, 6.07) is 11.2. The molecule has 0 saturated carbocycles. The lowest BCUT2D eigenvalue weighted by atomic mass is 10.2. The summed E-state index contributed by atoms with van der Waals surface area (Å²) >= 11 is 1.39. The summed E-state index contributed by atoms with van der Waals surface area (Å²) in [6.07, 6.45) is 3.46. The van der Waals surface area contributed by atoms with E-state index in [1.54, 1.807) is 31.5 Å². The van der Waals surface area contributed by atoms with Crippen molar-refractivity contribution in [2.45, 2.75) is 6.54 Å². The topological polar surface area (TPSA) is 67.3 Å². The Labute approximate surface area is 150 Å². The molecule has 2 heterocycles. The highest BCUT2D eigenvalue weighted by Crippen LogP contribution is 2.24. The van der Waals surface area contributed by atoms with Gasteiger partial charge in [-0.05, 0) is 29.8 Å². The van der Waals surface area contributed by atoms with Gasteiger partial charge in [0.25, 0.3) is 0 Å². The summed E-state index contributed by atoms with van der Waals surface area (Å²) in [6.45, 7) is 0.497. The SMILES string of the molecule is COc1ccc(CN(C)C(=O)Nc2nc(-c3cccnc3)cs2)cc1. The molecule has 1 aromatic carbocycles. The van der Waals surface area contributed by atoms with E-state index in [0.29, 0.717) is 11.7 Å². The molecule has 0 aliphatic heterocycles. The normalized spacial score (nSPS) is 10.3. The molecule has 128 valence electrons. The van der Waals surface area contributed by atoms with Gasteiger partial charge in [0.15, 0.2) is 5.13 Å². The zero-order chi connectivity index (χ0) is 17.6. The van der Waals surface area contributed by atoms with Gasteiger partial charge in [-0.1, -0.05) is 12.1 Å². The average molecular weight is 354 g/mol. The van der Waals surface area contributed by atoms with E-state index in [1.165, 1.54) is 11.3 Å². The predicted octanol–water partition coefficient (Wildman–Crippen LogP) is 3.88. The van der Waals surface area contributed by atoms with Crippen LogP contribution in [0.1, 0.15) is 5.56 Å². The van der Waals surface area contributed by atoms with Crippen LogP contribution in [0.25, 0.3) is 11.3 Å². The van der Waals surface area contributed by atoms with Crippen LogP contribution in [0.4, 0.5) is 9.93 Å². The van der Waals surface area contributed by atoms with Crippen molar-refractivity contribution in [3.05, 3.63) is 59.7 Å². The molecule has 2 amide bonds. The second-order valence-corrected chi connectivity index (χ2v) is 6.27. The average Bonchev–Trinajstić information content (AvgIpc) is 3.11. The molecule has 3 rings (SSSR count). The van der Waals surface area contributed by atoms with Gasteiger partial charge in [0.05, 0.1) is 12.8 Å². The number of hydrogen-bond donors (Lipinski definition) is 1. The highest BCUT2D eigenvalue weighted by Gasteiger charge is 2.12. The van der Waals surface area contributed by atoms with E-state index >= 15 is 0 Å². The molecule has 7 heteroatoms. The van der Waals surface area contributed by atoms with E-state index in [-0.39, 0.29) is 6.03 Å². The van der Waals surface area contributed by atoms with Crippen LogP contribution < -0.4 is 10.1 Å². The van der Waals surface area contributed by atoms with Gasteiger partial charge in [-0.2, -0.15) is 0 Å². The highest BCUT2D eigenvalue weighted by atomic mass is 32.1. The van der Waals surface area contributed by atoms with Crippen LogP contribution >= 0.6 is 11.3 Å². The van der Waals surface area contributed by atoms with Crippen molar-refractivity contribution >= 4 is 22.5 Å². The number of ether oxygens (including phenoxy) is 1. The molecular formula is C18H18N4O2S. The van der Waals surface area contributed by atoms with E-state index in [2.05, 4.69) is 15.3 Å². The molecule has 2 aromatic heterocycles. The third-order valence-electron chi connectivity index (χ3n) is 3.60. The Morgan fingerprint density at radius 2 is 2.08 bits per heavy atom. The van der Waals surface area contributed by atoms with E-state index in [1.807, 2.05) is 41.8 Å². The molecule has 1 N–H and O–H groups in total. The van der Waals surface area contributed by atoms with Crippen LogP contribution in [-0.2, 0) is 6.54 Å². The van der Waals surface area contributed by atoms with E-state index in [9.17, 15) is 4.79 Å². The van der Waals surface area contributed by atoms with Crippen molar-refractivity contribution in [1.29, 1.82) is 0 Å². The molecule has 3 aromatic rings. The van der Waals surface area contributed by atoms with Crippen LogP contribution in [-0.4, -0.2) is 35.1 Å². The fourth-order valence-corrected chi connectivity index (χ4v) is 2.95. The number of amides is 2. The maximum absolute atomic E-state index is 12.3. The largest absolute Gasteiger partial charge is 0.497 e. The molecule has 0 unspecified atom stereocenters. The fourth-order valence-electron chi connectivity index (χ4n) is 2.24. The molecule has 6 nitrogen and oxygen atoms in total. The molecule has 0 bridgehead atoms. The van der Waals surface area contributed by atoms with Gasteiger partial charge in [-0.25, -0.2) is 9.78 Å². The van der Waals surface area contributed by atoms with Gasteiger partial charge in [0.2, 0.25) is 0 Å². The van der Waals surface area contributed by atoms with E-state index < -0.39 is 0 Å². The minimum absolute atomic E-state index is 0.206. The summed E-state index contributed by atoms with van der Waals surface area (Å²) in [5.74, 6) is 0.793. The zero-order valence-corrected chi connectivity index (χ0v) is 14.8. The number of pyridine rings is 1. The lowest BCUT2D eigenvalue weighted by Crippen LogP contribution is -2.30. The van der Waals surface area contributed by atoms with Crippen molar-refractivity contribution in [2.75, 3.05) is 19.5 Å². The molecule has 0 atom stereocenters. The molecular weight excluding hydrogens is 336 g/mol. The highest BCUT2D eigenvalue weighted by molar-refractivity contribution is 7.14. The standard InChI is InChI=1S/C18H18N4O2S/c1-22(11-13-5-7-15(24-2)8-6-13)18(23)21-17-20-16(12-25-17)14-4-3-9-19-10-14/h3-10,12H,11H2,1-2H3,(H,20,21,23). The van der Waals surface area contributed by atoms with E-state index in [0.717, 1.165) is 22.6 Å². The summed E-state index contributed by atoms with van der Waals surface area (Å²) < 4.78 is 5.14. The number of hydrogen-bond acceptors (Lipinski definition) is 5.